The second-order valence-corrected chi connectivity index (χ2v) is 8.50. The van der Waals surface area contributed by atoms with Crippen LogP contribution in [0.1, 0.15) is 42.6 Å². The molecule has 0 bridgehead atoms. The summed E-state index contributed by atoms with van der Waals surface area (Å²) in [6, 6.07) is 16.8. The molecule has 1 spiro atoms. The topological polar surface area (TPSA) is 36.4 Å². The molecule has 0 radical (unpaired) electrons. The van der Waals surface area contributed by atoms with Crippen LogP contribution >= 0.6 is 0 Å². The van der Waals surface area contributed by atoms with E-state index in [1.54, 1.807) is 0 Å². The number of likely N-dealkylation sites (tertiary alicyclic amines) is 2. The minimum absolute atomic E-state index is 0.158. The van der Waals surface area contributed by atoms with Crippen molar-refractivity contribution in [1.29, 1.82) is 0 Å². The van der Waals surface area contributed by atoms with Crippen LogP contribution in [0.15, 0.2) is 48.5 Å². The third-order valence-corrected chi connectivity index (χ3v) is 6.33. The lowest BCUT2D eigenvalue weighted by atomic mass is 9.78. The van der Waals surface area contributed by atoms with Crippen molar-refractivity contribution in [3.63, 3.8) is 0 Å². The Morgan fingerprint density at radius 3 is 2.71 bits per heavy atom. The van der Waals surface area contributed by atoms with E-state index in [-0.39, 0.29) is 5.41 Å². The standard InChI is InChI=1S/C24H31N3O/c1-20-8-5-12-22(25-20)18-26-17-14-24(19-26)13-7-16-27(23(24)28)15-6-11-21-9-3-2-4-10-21/h2-5,8-10,12H,6-7,11,13-19H2,1H3/t24-/m0/s1. The second kappa shape index (κ2) is 8.44. The van der Waals surface area contributed by atoms with Gasteiger partial charge < -0.3 is 4.90 Å². The molecule has 1 atom stereocenters. The minimum atomic E-state index is -0.158. The Bertz CT molecular complexity index is 807. The predicted molar refractivity (Wildman–Crippen MR) is 112 cm³/mol. The van der Waals surface area contributed by atoms with Crippen molar-refractivity contribution in [2.45, 2.75) is 45.6 Å². The molecule has 1 aromatic carbocycles. The Labute approximate surface area is 168 Å². The lowest BCUT2D eigenvalue weighted by molar-refractivity contribution is -0.145. The number of nitrogens with zero attached hydrogens (tertiary/aromatic N) is 3. The summed E-state index contributed by atoms with van der Waals surface area (Å²) in [6.07, 6.45) is 5.25. The molecule has 2 aromatic rings. The summed E-state index contributed by atoms with van der Waals surface area (Å²) >= 11 is 0. The van der Waals surface area contributed by atoms with Crippen molar-refractivity contribution in [3.8, 4) is 0 Å². The maximum Gasteiger partial charge on any atom is 0.230 e. The number of pyridine rings is 1. The highest BCUT2D eigenvalue weighted by Gasteiger charge is 2.48. The number of amides is 1. The molecule has 2 fully saturated rings. The predicted octanol–water partition coefficient (Wildman–Crippen LogP) is 3.84. The van der Waals surface area contributed by atoms with Crippen LogP contribution in [0.25, 0.3) is 0 Å². The quantitative estimate of drug-likeness (QED) is 0.767. The molecule has 4 nitrogen and oxygen atoms in total. The molecule has 0 aliphatic carbocycles. The number of carbonyl (C=O) groups excluding carboxylic acids is 1. The Hall–Kier alpha value is -2.20. The van der Waals surface area contributed by atoms with Gasteiger partial charge in [0.1, 0.15) is 0 Å². The van der Waals surface area contributed by atoms with Crippen molar-refractivity contribution < 1.29 is 4.79 Å². The van der Waals surface area contributed by atoms with E-state index < -0.39 is 0 Å². The summed E-state index contributed by atoms with van der Waals surface area (Å²) < 4.78 is 0. The molecule has 148 valence electrons. The average Bonchev–Trinajstić information content (AvgIpc) is 3.09. The highest BCUT2D eigenvalue weighted by molar-refractivity contribution is 5.84. The summed E-state index contributed by atoms with van der Waals surface area (Å²) in [5.41, 5.74) is 3.37. The molecular weight excluding hydrogens is 346 g/mol. The highest BCUT2D eigenvalue weighted by atomic mass is 16.2. The van der Waals surface area contributed by atoms with Gasteiger partial charge in [-0.3, -0.25) is 14.7 Å². The first-order chi connectivity index (χ1) is 13.6. The normalized spacial score (nSPS) is 22.9. The van der Waals surface area contributed by atoms with E-state index in [9.17, 15) is 4.79 Å². The Kier molecular flexibility index (Phi) is 5.77. The van der Waals surface area contributed by atoms with E-state index in [0.717, 1.165) is 76.2 Å². The molecule has 0 unspecified atom stereocenters. The molecule has 2 aliphatic heterocycles. The fourth-order valence-corrected chi connectivity index (χ4v) is 4.87. The van der Waals surface area contributed by atoms with Crippen LogP contribution in [0.5, 0.6) is 0 Å². The minimum Gasteiger partial charge on any atom is -0.342 e. The number of hydrogen-bond acceptors (Lipinski definition) is 3. The number of carbonyl (C=O) groups is 1. The van der Waals surface area contributed by atoms with Gasteiger partial charge in [-0.1, -0.05) is 36.4 Å². The van der Waals surface area contributed by atoms with E-state index in [1.165, 1.54) is 5.56 Å². The summed E-state index contributed by atoms with van der Waals surface area (Å²) in [6.45, 7) is 6.58. The molecular formula is C24H31N3O. The average molecular weight is 378 g/mol. The molecule has 1 aromatic heterocycles. The van der Waals surface area contributed by atoms with E-state index in [4.69, 9.17) is 0 Å². The molecule has 4 heteroatoms. The fourth-order valence-electron chi connectivity index (χ4n) is 4.87. The first-order valence-corrected chi connectivity index (χ1v) is 10.6. The first-order valence-electron chi connectivity index (χ1n) is 10.6. The van der Waals surface area contributed by atoms with E-state index >= 15 is 0 Å². The van der Waals surface area contributed by atoms with Crippen LogP contribution in [0, 0.1) is 12.3 Å². The van der Waals surface area contributed by atoms with Gasteiger partial charge in [0.25, 0.3) is 0 Å². The molecule has 1 amide bonds. The highest BCUT2D eigenvalue weighted by Crippen LogP contribution is 2.40. The smallest absolute Gasteiger partial charge is 0.230 e. The van der Waals surface area contributed by atoms with Crippen molar-refractivity contribution in [1.82, 2.24) is 14.8 Å². The van der Waals surface area contributed by atoms with Gasteiger partial charge in [-0.15, -0.1) is 0 Å². The number of hydrogen-bond donors (Lipinski definition) is 0. The fraction of sp³-hybridized carbons (Fsp3) is 0.500. The summed E-state index contributed by atoms with van der Waals surface area (Å²) in [4.78, 5) is 22.5. The number of aryl methyl sites for hydroxylation is 2. The van der Waals surface area contributed by atoms with Crippen LogP contribution in [0.4, 0.5) is 0 Å². The van der Waals surface area contributed by atoms with Gasteiger partial charge in [-0.25, -0.2) is 0 Å². The van der Waals surface area contributed by atoms with Crippen molar-refractivity contribution in [3.05, 3.63) is 65.5 Å². The van der Waals surface area contributed by atoms with Gasteiger partial charge >= 0.3 is 0 Å². The summed E-state index contributed by atoms with van der Waals surface area (Å²) in [5.74, 6) is 0.395. The molecule has 4 rings (SSSR count). The number of aromatic nitrogens is 1. The van der Waals surface area contributed by atoms with Crippen molar-refractivity contribution in [2.75, 3.05) is 26.2 Å². The largest absolute Gasteiger partial charge is 0.342 e. The molecule has 2 aliphatic rings. The van der Waals surface area contributed by atoms with Crippen LogP contribution in [-0.4, -0.2) is 46.9 Å². The lowest BCUT2D eigenvalue weighted by Crippen LogP contribution is -2.50. The van der Waals surface area contributed by atoms with E-state index in [0.29, 0.717) is 5.91 Å². The third-order valence-electron chi connectivity index (χ3n) is 6.33. The van der Waals surface area contributed by atoms with Gasteiger partial charge in [0.2, 0.25) is 5.91 Å². The monoisotopic (exact) mass is 377 g/mol. The number of benzene rings is 1. The summed E-state index contributed by atoms with van der Waals surface area (Å²) in [5, 5.41) is 0. The maximum atomic E-state index is 13.3. The maximum absolute atomic E-state index is 13.3. The zero-order valence-electron chi connectivity index (χ0n) is 16.9. The molecule has 3 heterocycles. The van der Waals surface area contributed by atoms with Crippen LogP contribution in [0.2, 0.25) is 0 Å². The van der Waals surface area contributed by atoms with Crippen molar-refractivity contribution in [2.24, 2.45) is 5.41 Å². The van der Waals surface area contributed by atoms with Gasteiger partial charge in [0.15, 0.2) is 0 Å². The SMILES string of the molecule is Cc1cccc(CN2CC[C@@]3(CCCN(CCCc4ccccc4)C3=O)C2)n1. The van der Waals surface area contributed by atoms with Crippen LogP contribution in [-0.2, 0) is 17.8 Å². The Morgan fingerprint density at radius 2 is 1.89 bits per heavy atom. The second-order valence-electron chi connectivity index (χ2n) is 8.50. The van der Waals surface area contributed by atoms with Crippen LogP contribution < -0.4 is 0 Å². The van der Waals surface area contributed by atoms with Gasteiger partial charge in [0, 0.05) is 31.9 Å². The van der Waals surface area contributed by atoms with Crippen LogP contribution in [0.3, 0.4) is 0 Å². The van der Waals surface area contributed by atoms with Gasteiger partial charge in [0.05, 0.1) is 11.1 Å². The number of piperidine rings is 1. The molecule has 0 saturated carbocycles. The Balaban J connectivity index is 1.33. The molecule has 0 N–H and O–H groups in total. The van der Waals surface area contributed by atoms with Gasteiger partial charge in [-0.05, 0) is 63.3 Å². The molecule has 28 heavy (non-hydrogen) atoms. The lowest BCUT2D eigenvalue weighted by Gasteiger charge is -2.39. The van der Waals surface area contributed by atoms with Gasteiger partial charge in [-0.2, -0.15) is 0 Å². The van der Waals surface area contributed by atoms with E-state index in [1.807, 2.05) is 13.0 Å². The summed E-state index contributed by atoms with van der Waals surface area (Å²) in [7, 11) is 0. The van der Waals surface area contributed by atoms with Crippen molar-refractivity contribution >= 4 is 5.91 Å². The third kappa shape index (κ3) is 4.27. The zero-order valence-corrected chi connectivity index (χ0v) is 16.9. The van der Waals surface area contributed by atoms with E-state index in [2.05, 4.69) is 57.2 Å². The Morgan fingerprint density at radius 1 is 1.04 bits per heavy atom. The first kappa shape index (κ1) is 19.1. The zero-order chi connectivity index (χ0) is 19.4. The number of rotatable bonds is 6. The molecule has 2 saturated heterocycles.